The Kier molecular flexibility index (Phi) is 8.93. The van der Waals surface area contributed by atoms with E-state index >= 15 is 0 Å². The Hall–Kier alpha value is -3.98. The van der Waals surface area contributed by atoms with Gasteiger partial charge in [-0.1, -0.05) is 53.2 Å². The fourth-order valence-corrected chi connectivity index (χ4v) is 3.17. The van der Waals surface area contributed by atoms with Gasteiger partial charge in [0.25, 0.3) is 5.91 Å². The molecule has 3 N–H and O–H groups in total. The Morgan fingerprint density at radius 1 is 0.941 bits per heavy atom. The van der Waals surface area contributed by atoms with Gasteiger partial charge in [-0.05, 0) is 60.0 Å². The van der Waals surface area contributed by atoms with Gasteiger partial charge < -0.3 is 15.4 Å². The zero-order valence-corrected chi connectivity index (χ0v) is 20.0. The predicted molar refractivity (Wildman–Crippen MR) is 135 cm³/mol. The molecule has 0 atom stereocenters. The molecule has 3 aromatic rings. The minimum atomic E-state index is -0.890. The Bertz CT molecular complexity index is 1200. The first-order valence-electron chi connectivity index (χ1n) is 10.4. The van der Waals surface area contributed by atoms with Gasteiger partial charge in [0.05, 0.1) is 6.21 Å². The van der Waals surface area contributed by atoms with Crippen molar-refractivity contribution in [1.29, 1.82) is 0 Å². The molecule has 3 amide bonds. The highest BCUT2D eigenvalue weighted by atomic mass is 79.9. The summed E-state index contributed by atoms with van der Waals surface area (Å²) in [6.07, 6.45) is 2.10. The molecule has 0 saturated heterocycles. The van der Waals surface area contributed by atoms with Crippen LogP contribution in [0.2, 0.25) is 0 Å². The van der Waals surface area contributed by atoms with Crippen LogP contribution in [-0.2, 0) is 20.8 Å². The molecule has 0 heterocycles. The van der Waals surface area contributed by atoms with Gasteiger partial charge in [-0.15, -0.1) is 0 Å². The van der Waals surface area contributed by atoms with Gasteiger partial charge in [0.1, 0.15) is 5.75 Å². The van der Waals surface area contributed by atoms with E-state index in [-0.39, 0.29) is 12.5 Å². The second-order valence-electron chi connectivity index (χ2n) is 7.08. The molecule has 0 aliphatic heterocycles. The van der Waals surface area contributed by atoms with Crippen LogP contribution in [0.1, 0.15) is 18.1 Å². The zero-order chi connectivity index (χ0) is 24.3. The maximum absolute atomic E-state index is 12.1. The normalized spacial score (nSPS) is 10.5. The number of para-hydroxylation sites is 1. The summed E-state index contributed by atoms with van der Waals surface area (Å²) in [5.41, 5.74) is 4.99. The standard InChI is InChI=1S/C25H23BrN4O4/c1-2-18-7-3-4-9-22(18)29-24(32)25(33)30-27-15-17-6-5-8-21(14-17)34-16-23(31)28-20-12-10-19(26)11-13-20/h3-15H,2,16H2,1H3,(H,28,31)(H,29,32)(H,30,33)/b27-15-. The highest BCUT2D eigenvalue weighted by molar-refractivity contribution is 9.10. The first-order chi connectivity index (χ1) is 16.4. The number of carbonyl (C=O) groups is 3. The number of benzene rings is 3. The molecule has 0 spiro atoms. The number of ether oxygens (including phenoxy) is 1. The van der Waals surface area contributed by atoms with Crippen LogP contribution in [0.4, 0.5) is 11.4 Å². The number of hydrazone groups is 1. The van der Waals surface area contributed by atoms with Crippen LogP contribution in [0.25, 0.3) is 0 Å². The number of halogens is 1. The Balaban J connectivity index is 1.48. The van der Waals surface area contributed by atoms with E-state index in [0.717, 1.165) is 16.5 Å². The molecule has 9 heteroatoms. The molecule has 0 unspecified atom stereocenters. The van der Waals surface area contributed by atoms with Crippen LogP contribution in [-0.4, -0.2) is 30.5 Å². The number of nitrogens with one attached hydrogen (secondary N) is 3. The van der Waals surface area contributed by atoms with Gasteiger partial charge in [-0.3, -0.25) is 14.4 Å². The van der Waals surface area contributed by atoms with Crippen molar-refractivity contribution in [2.75, 3.05) is 17.2 Å². The van der Waals surface area contributed by atoms with E-state index in [1.165, 1.54) is 6.21 Å². The monoisotopic (exact) mass is 522 g/mol. The number of hydrogen-bond donors (Lipinski definition) is 3. The van der Waals surface area contributed by atoms with Crippen molar-refractivity contribution >= 4 is 51.2 Å². The maximum Gasteiger partial charge on any atom is 0.329 e. The summed E-state index contributed by atoms with van der Waals surface area (Å²) in [5.74, 6) is -1.55. The largest absolute Gasteiger partial charge is 0.484 e. The number of nitrogens with zero attached hydrogens (tertiary/aromatic N) is 1. The van der Waals surface area contributed by atoms with Crippen molar-refractivity contribution in [2.45, 2.75) is 13.3 Å². The zero-order valence-electron chi connectivity index (χ0n) is 18.4. The van der Waals surface area contributed by atoms with Crippen molar-refractivity contribution in [3.05, 3.63) is 88.4 Å². The molecule has 0 radical (unpaired) electrons. The minimum absolute atomic E-state index is 0.174. The Labute approximate surface area is 205 Å². The molecular formula is C25H23BrN4O4. The molecule has 34 heavy (non-hydrogen) atoms. The van der Waals surface area contributed by atoms with Gasteiger partial charge in [0.2, 0.25) is 0 Å². The SMILES string of the molecule is CCc1ccccc1NC(=O)C(=O)N/N=C\c1cccc(OCC(=O)Nc2ccc(Br)cc2)c1. The van der Waals surface area contributed by atoms with Gasteiger partial charge in [-0.2, -0.15) is 5.10 Å². The lowest BCUT2D eigenvalue weighted by Gasteiger charge is -2.08. The van der Waals surface area contributed by atoms with E-state index in [2.05, 4.69) is 37.1 Å². The minimum Gasteiger partial charge on any atom is -0.484 e. The second kappa shape index (κ2) is 12.3. The van der Waals surface area contributed by atoms with Gasteiger partial charge in [0.15, 0.2) is 6.61 Å². The van der Waals surface area contributed by atoms with Crippen LogP contribution in [0.3, 0.4) is 0 Å². The molecule has 3 aromatic carbocycles. The molecule has 0 fully saturated rings. The average molecular weight is 523 g/mol. The molecule has 0 aromatic heterocycles. The average Bonchev–Trinajstić information content (AvgIpc) is 2.84. The number of amides is 3. The number of rotatable bonds is 8. The lowest BCUT2D eigenvalue weighted by Crippen LogP contribution is -2.32. The van der Waals surface area contributed by atoms with Crippen molar-refractivity contribution in [2.24, 2.45) is 5.10 Å². The van der Waals surface area contributed by atoms with Gasteiger partial charge >= 0.3 is 11.8 Å². The second-order valence-corrected chi connectivity index (χ2v) is 8.00. The van der Waals surface area contributed by atoms with Crippen LogP contribution in [0.5, 0.6) is 5.75 Å². The number of carbonyl (C=O) groups excluding carboxylic acids is 3. The third kappa shape index (κ3) is 7.56. The van der Waals surface area contributed by atoms with Crippen LogP contribution in [0, 0.1) is 0 Å². The summed E-state index contributed by atoms with van der Waals surface area (Å²) in [7, 11) is 0. The summed E-state index contributed by atoms with van der Waals surface area (Å²) in [6, 6.07) is 21.3. The van der Waals surface area contributed by atoms with E-state index in [9.17, 15) is 14.4 Å². The molecule has 3 rings (SSSR count). The van der Waals surface area contributed by atoms with Crippen LogP contribution < -0.4 is 20.8 Å². The quantitative estimate of drug-likeness (QED) is 0.235. The van der Waals surface area contributed by atoms with E-state index in [0.29, 0.717) is 22.7 Å². The third-order valence-corrected chi connectivity index (χ3v) is 5.12. The highest BCUT2D eigenvalue weighted by Gasteiger charge is 2.14. The lowest BCUT2D eigenvalue weighted by molar-refractivity contribution is -0.136. The van der Waals surface area contributed by atoms with Crippen LogP contribution in [0.15, 0.2) is 82.4 Å². The number of anilines is 2. The van der Waals surface area contributed by atoms with Crippen molar-refractivity contribution < 1.29 is 19.1 Å². The summed E-state index contributed by atoms with van der Waals surface area (Å²) in [4.78, 5) is 36.2. The summed E-state index contributed by atoms with van der Waals surface area (Å²) < 4.78 is 6.44. The molecule has 0 saturated carbocycles. The van der Waals surface area contributed by atoms with Gasteiger partial charge in [-0.25, -0.2) is 5.43 Å². The van der Waals surface area contributed by atoms with E-state index in [4.69, 9.17) is 4.74 Å². The lowest BCUT2D eigenvalue weighted by atomic mass is 10.1. The molecule has 0 bridgehead atoms. The van der Waals surface area contributed by atoms with Crippen molar-refractivity contribution in [3.8, 4) is 5.75 Å². The number of aryl methyl sites for hydroxylation is 1. The molecule has 0 aliphatic carbocycles. The molecule has 8 nitrogen and oxygen atoms in total. The topological polar surface area (TPSA) is 109 Å². The summed E-state index contributed by atoms with van der Waals surface area (Å²) in [5, 5.41) is 9.14. The fourth-order valence-electron chi connectivity index (χ4n) is 2.91. The first kappa shape index (κ1) is 24.7. The summed E-state index contributed by atoms with van der Waals surface area (Å²) in [6.45, 7) is 1.79. The van der Waals surface area contributed by atoms with Crippen LogP contribution >= 0.6 is 15.9 Å². The fraction of sp³-hybridized carbons (Fsp3) is 0.120. The third-order valence-electron chi connectivity index (χ3n) is 4.59. The summed E-state index contributed by atoms with van der Waals surface area (Å²) >= 11 is 3.34. The van der Waals surface area contributed by atoms with E-state index < -0.39 is 11.8 Å². The highest BCUT2D eigenvalue weighted by Crippen LogP contribution is 2.16. The molecule has 0 aliphatic rings. The molecular weight excluding hydrogens is 500 g/mol. The van der Waals surface area contributed by atoms with Gasteiger partial charge in [0, 0.05) is 15.8 Å². The van der Waals surface area contributed by atoms with Crippen molar-refractivity contribution in [1.82, 2.24) is 5.43 Å². The Morgan fingerprint density at radius 2 is 1.71 bits per heavy atom. The van der Waals surface area contributed by atoms with E-state index in [1.807, 2.05) is 31.2 Å². The number of hydrogen-bond acceptors (Lipinski definition) is 5. The smallest absolute Gasteiger partial charge is 0.329 e. The maximum atomic E-state index is 12.1. The first-order valence-corrected chi connectivity index (χ1v) is 11.2. The van der Waals surface area contributed by atoms with Crippen molar-refractivity contribution in [3.63, 3.8) is 0 Å². The van der Waals surface area contributed by atoms with E-state index in [1.54, 1.807) is 48.5 Å². The Morgan fingerprint density at radius 3 is 2.47 bits per heavy atom. The molecule has 174 valence electrons. The predicted octanol–water partition coefficient (Wildman–Crippen LogP) is 4.12.